The number of hydrazine groups is 1. The summed E-state index contributed by atoms with van der Waals surface area (Å²) in [6, 6.07) is 5.77. The summed E-state index contributed by atoms with van der Waals surface area (Å²) < 4.78 is 5.44. The zero-order chi connectivity index (χ0) is 15.1. The molecule has 0 atom stereocenters. The van der Waals surface area contributed by atoms with Gasteiger partial charge < -0.3 is 10.5 Å². The van der Waals surface area contributed by atoms with Crippen LogP contribution in [0, 0.1) is 13.8 Å². The molecule has 5 N–H and O–H groups in total. The van der Waals surface area contributed by atoms with Crippen LogP contribution >= 0.6 is 24.4 Å². The topological polar surface area (TPSA) is 88.4 Å². The fraction of sp³-hybridized carbons (Fsp3) is 0.250. The third-order valence-electron chi connectivity index (χ3n) is 2.25. The number of aryl methyl sites for hydroxylation is 2. The van der Waals surface area contributed by atoms with Gasteiger partial charge in [0.1, 0.15) is 5.75 Å². The molecule has 0 saturated carbocycles. The van der Waals surface area contributed by atoms with Gasteiger partial charge in [-0.25, -0.2) is 0 Å². The Hall–Kier alpha value is -1.93. The van der Waals surface area contributed by atoms with Gasteiger partial charge >= 0.3 is 0 Å². The zero-order valence-corrected chi connectivity index (χ0v) is 12.8. The number of thiocarbonyl (C=S) groups is 2. The van der Waals surface area contributed by atoms with E-state index in [1.54, 1.807) is 0 Å². The number of ether oxygens (including phenoxy) is 1. The van der Waals surface area contributed by atoms with Gasteiger partial charge in [-0.3, -0.25) is 21.0 Å². The van der Waals surface area contributed by atoms with E-state index in [0.29, 0.717) is 5.75 Å². The second-order valence-electron chi connectivity index (χ2n) is 4.05. The number of amides is 1. The molecule has 1 rings (SSSR count). The molecule has 0 fully saturated rings. The SMILES string of the molecule is Cc1ccc(C)c(OCC(=O)NC(=S)NNC(N)=S)c1. The van der Waals surface area contributed by atoms with Gasteiger partial charge in [0.15, 0.2) is 16.8 Å². The fourth-order valence-electron chi connectivity index (χ4n) is 1.32. The fourth-order valence-corrected chi connectivity index (χ4v) is 1.53. The summed E-state index contributed by atoms with van der Waals surface area (Å²) in [5, 5.41) is 2.50. The summed E-state index contributed by atoms with van der Waals surface area (Å²) in [6.07, 6.45) is 0. The Bertz CT molecular complexity index is 534. The summed E-state index contributed by atoms with van der Waals surface area (Å²) >= 11 is 9.43. The lowest BCUT2D eigenvalue weighted by Crippen LogP contribution is -2.50. The van der Waals surface area contributed by atoms with Crippen molar-refractivity contribution < 1.29 is 9.53 Å². The number of carbonyl (C=O) groups is 1. The first-order chi connectivity index (χ1) is 9.38. The number of benzene rings is 1. The highest BCUT2D eigenvalue weighted by Crippen LogP contribution is 2.18. The molecule has 0 radical (unpaired) electrons. The van der Waals surface area contributed by atoms with E-state index in [1.165, 1.54) is 0 Å². The molecule has 6 nitrogen and oxygen atoms in total. The molecule has 0 aliphatic heterocycles. The van der Waals surface area contributed by atoms with Crippen molar-refractivity contribution in [3.63, 3.8) is 0 Å². The molecular weight excluding hydrogens is 296 g/mol. The molecule has 108 valence electrons. The Kier molecular flexibility index (Phi) is 6.13. The predicted octanol–water partition coefficient (Wildman–Crippen LogP) is 0.421. The summed E-state index contributed by atoms with van der Waals surface area (Å²) in [4.78, 5) is 11.6. The van der Waals surface area contributed by atoms with Gasteiger partial charge in [-0.05, 0) is 55.5 Å². The monoisotopic (exact) mass is 312 g/mol. The van der Waals surface area contributed by atoms with Gasteiger partial charge in [-0.2, -0.15) is 0 Å². The standard InChI is InChI=1S/C12H16N4O2S2/c1-7-3-4-8(2)9(5-7)18-6-10(17)14-12(20)16-15-11(13)19/h3-5H,6H2,1-2H3,(H3,13,15,19)(H2,14,16,17,20). The molecule has 0 bridgehead atoms. The Morgan fingerprint density at radius 2 is 2.00 bits per heavy atom. The Morgan fingerprint density at radius 1 is 1.30 bits per heavy atom. The number of nitrogens with two attached hydrogens (primary N) is 1. The zero-order valence-electron chi connectivity index (χ0n) is 11.1. The first-order valence-electron chi connectivity index (χ1n) is 5.74. The average molecular weight is 312 g/mol. The summed E-state index contributed by atoms with van der Waals surface area (Å²) in [6.45, 7) is 3.72. The van der Waals surface area contributed by atoms with Crippen molar-refractivity contribution >= 4 is 40.6 Å². The van der Waals surface area contributed by atoms with Crippen LogP contribution in [0.15, 0.2) is 18.2 Å². The minimum atomic E-state index is -0.381. The van der Waals surface area contributed by atoms with Crippen molar-refractivity contribution in [2.45, 2.75) is 13.8 Å². The molecule has 1 aromatic rings. The Balaban J connectivity index is 2.41. The minimum Gasteiger partial charge on any atom is -0.483 e. The molecule has 0 heterocycles. The van der Waals surface area contributed by atoms with Crippen molar-refractivity contribution in [2.75, 3.05) is 6.61 Å². The number of nitrogens with one attached hydrogen (secondary N) is 3. The van der Waals surface area contributed by atoms with Crippen LogP contribution in [0.3, 0.4) is 0 Å². The van der Waals surface area contributed by atoms with E-state index in [0.717, 1.165) is 11.1 Å². The second kappa shape index (κ2) is 7.61. The number of rotatable bonds is 3. The maximum Gasteiger partial charge on any atom is 0.264 e. The molecule has 1 amide bonds. The highest BCUT2D eigenvalue weighted by molar-refractivity contribution is 7.80. The van der Waals surface area contributed by atoms with Crippen LogP contribution in [0.25, 0.3) is 0 Å². The van der Waals surface area contributed by atoms with E-state index in [1.807, 2.05) is 32.0 Å². The van der Waals surface area contributed by atoms with Crippen LogP contribution in [-0.2, 0) is 4.79 Å². The minimum absolute atomic E-state index is 0.0215. The van der Waals surface area contributed by atoms with E-state index in [9.17, 15) is 4.79 Å². The van der Waals surface area contributed by atoms with E-state index in [-0.39, 0.29) is 22.7 Å². The van der Waals surface area contributed by atoms with Crippen LogP contribution in [0.5, 0.6) is 5.75 Å². The molecule has 0 saturated heterocycles. The third kappa shape index (κ3) is 5.81. The highest BCUT2D eigenvalue weighted by Gasteiger charge is 2.07. The van der Waals surface area contributed by atoms with Gasteiger partial charge in [0.2, 0.25) is 0 Å². The van der Waals surface area contributed by atoms with Gasteiger partial charge in [0.05, 0.1) is 0 Å². The molecule has 0 aliphatic rings. The first kappa shape index (κ1) is 16.1. The lowest BCUT2D eigenvalue weighted by molar-refractivity contribution is -0.121. The molecule has 0 unspecified atom stereocenters. The van der Waals surface area contributed by atoms with Crippen molar-refractivity contribution in [3.05, 3.63) is 29.3 Å². The largest absolute Gasteiger partial charge is 0.483 e. The summed E-state index contributed by atoms with van der Waals surface area (Å²) in [5.74, 6) is 0.286. The molecule has 20 heavy (non-hydrogen) atoms. The van der Waals surface area contributed by atoms with Crippen LogP contribution in [0.4, 0.5) is 0 Å². The van der Waals surface area contributed by atoms with Crippen LogP contribution in [-0.4, -0.2) is 22.7 Å². The molecule has 0 spiro atoms. The molecular formula is C12H16N4O2S2. The number of hydrogen-bond donors (Lipinski definition) is 4. The molecule has 8 heteroatoms. The van der Waals surface area contributed by atoms with Crippen molar-refractivity contribution in [1.82, 2.24) is 16.2 Å². The van der Waals surface area contributed by atoms with Crippen molar-refractivity contribution in [1.29, 1.82) is 0 Å². The smallest absolute Gasteiger partial charge is 0.264 e. The quantitative estimate of drug-likeness (QED) is 0.475. The van der Waals surface area contributed by atoms with E-state index >= 15 is 0 Å². The number of carbonyl (C=O) groups excluding carboxylic acids is 1. The molecule has 0 aromatic heterocycles. The Morgan fingerprint density at radius 3 is 2.65 bits per heavy atom. The second-order valence-corrected chi connectivity index (χ2v) is 4.90. The van der Waals surface area contributed by atoms with Gasteiger partial charge in [-0.1, -0.05) is 12.1 Å². The average Bonchev–Trinajstić information content (AvgIpc) is 2.37. The maximum absolute atomic E-state index is 11.6. The third-order valence-corrected chi connectivity index (χ3v) is 2.56. The summed E-state index contributed by atoms with van der Waals surface area (Å²) in [5.41, 5.74) is 12.1. The van der Waals surface area contributed by atoms with Crippen molar-refractivity contribution in [3.8, 4) is 5.75 Å². The number of hydrogen-bond acceptors (Lipinski definition) is 4. The predicted molar refractivity (Wildman–Crippen MR) is 85.2 cm³/mol. The van der Waals surface area contributed by atoms with Gasteiger partial charge in [-0.15, -0.1) is 0 Å². The normalized spacial score (nSPS) is 9.50. The van der Waals surface area contributed by atoms with Crippen LogP contribution < -0.4 is 26.6 Å². The van der Waals surface area contributed by atoms with E-state index in [2.05, 4.69) is 28.4 Å². The summed E-state index contributed by atoms with van der Waals surface area (Å²) in [7, 11) is 0. The maximum atomic E-state index is 11.6. The van der Waals surface area contributed by atoms with E-state index in [4.69, 9.17) is 22.7 Å². The van der Waals surface area contributed by atoms with Crippen LogP contribution in [0.1, 0.15) is 11.1 Å². The molecule has 1 aromatic carbocycles. The lowest BCUT2D eigenvalue weighted by Gasteiger charge is -2.12. The van der Waals surface area contributed by atoms with Crippen molar-refractivity contribution in [2.24, 2.45) is 5.73 Å². The van der Waals surface area contributed by atoms with Crippen LogP contribution in [0.2, 0.25) is 0 Å². The Labute approximate surface area is 128 Å². The van der Waals surface area contributed by atoms with Gasteiger partial charge in [0, 0.05) is 0 Å². The van der Waals surface area contributed by atoms with Gasteiger partial charge in [0.25, 0.3) is 5.91 Å². The highest BCUT2D eigenvalue weighted by atomic mass is 32.1. The first-order valence-corrected chi connectivity index (χ1v) is 6.55. The van der Waals surface area contributed by atoms with E-state index < -0.39 is 0 Å². The lowest BCUT2D eigenvalue weighted by atomic mass is 10.1. The molecule has 0 aliphatic carbocycles.